The summed E-state index contributed by atoms with van der Waals surface area (Å²) in [6, 6.07) is 14.4. The predicted octanol–water partition coefficient (Wildman–Crippen LogP) is 4.60. The number of pyridine rings is 1. The maximum Gasteiger partial charge on any atom is 0.289 e. The highest BCUT2D eigenvalue weighted by Gasteiger charge is 2.20. The number of aliphatic imine (C=N–C) groups is 1. The third-order valence-corrected chi connectivity index (χ3v) is 5.88. The molecule has 26 heavy (non-hydrogen) atoms. The third-order valence-electron chi connectivity index (χ3n) is 4.13. The molecule has 3 aromatic rings. The summed E-state index contributed by atoms with van der Waals surface area (Å²) in [6.45, 7) is 2.12. The zero-order chi connectivity index (χ0) is 18.1. The molecule has 1 aliphatic rings. The average molecular weight is 380 g/mol. The minimum Gasteiger partial charge on any atom is -0.294 e. The lowest BCUT2D eigenvalue weighted by Gasteiger charge is -2.28. The highest BCUT2D eigenvalue weighted by atomic mass is 32.2. The van der Waals surface area contributed by atoms with Gasteiger partial charge >= 0.3 is 0 Å². The summed E-state index contributed by atoms with van der Waals surface area (Å²) < 4.78 is 2.10. The number of rotatable bonds is 2. The quantitative estimate of drug-likeness (QED) is 0.610. The largest absolute Gasteiger partial charge is 0.294 e. The molecule has 0 aliphatic carbocycles. The highest BCUT2D eigenvalue weighted by Crippen LogP contribution is 2.30. The first-order valence-corrected chi connectivity index (χ1v) is 10.3. The molecular weight excluding hydrogens is 360 g/mol. The number of para-hydroxylation sites is 1. The van der Waals surface area contributed by atoms with Gasteiger partial charge in [0.25, 0.3) is 4.83 Å². The van der Waals surface area contributed by atoms with Crippen molar-refractivity contribution in [1.82, 2.24) is 4.98 Å². The summed E-state index contributed by atoms with van der Waals surface area (Å²) in [7, 11) is 2.05. The molecule has 0 bridgehead atoms. The van der Waals surface area contributed by atoms with Crippen molar-refractivity contribution >= 4 is 50.4 Å². The van der Waals surface area contributed by atoms with Gasteiger partial charge in [0.1, 0.15) is 17.6 Å². The van der Waals surface area contributed by atoms with Crippen LogP contribution in [0.4, 0.5) is 5.69 Å². The fraction of sp³-hybridized carbons (Fsp3) is 0.150. The van der Waals surface area contributed by atoms with E-state index in [0.29, 0.717) is 0 Å². The fourth-order valence-electron chi connectivity index (χ4n) is 2.95. The lowest BCUT2D eigenvalue weighted by molar-refractivity contribution is -0.642. The number of hydrogen-bond donors (Lipinski definition) is 0. The van der Waals surface area contributed by atoms with Gasteiger partial charge in [0, 0.05) is 23.5 Å². The minimum absolute atomic E-state index is 0.931. The summed E-state index contributed by atoms with van der Waals surface area (Å²) in [5.41, 5.74) is 4.22. The zero-order valence-electron chi connectivity index (χ0n) is 14.9. The Balaban J connectivity index is 1.73. The van der Waals surface area contributed by atoms with Gasteiger partial charge in [-0.3, -0.25) is 4.90 Å². The van der Waals surface area contributed by atoms with Gasteiger partial charge in [-0.2, -0.15) is 4.57 Å². The van der Waals surface area contributed by atoms with Crippen LogP contribution >= 0.6 is 23.1 Å². The molecule has 0 spiro atoms. The molecule has 130 valence electrons. The number of benzene rings is 1. The molecule has 1 aromatic carbocycles. The molecule has 0 fully saturated rings. The molecule has 0 unspecified atom stereocenters. The number of allylic oxidation sites excluding steroid dienone is 2. The number of anilines is 1. The molecule has 4 nitrogen and oxygen atoms in total. The van der Waals surface area contributed by atoms with Gasteiger partial charge in [-0.1, -0.05) is 30.0 Å². The maximum atomic E-state index is 4.85. The van der Waals surface area contributed by atoms with Crippen LogP contribution < -0.4 is 9.47 Å². The monoisotopic (exact) mass is 379 g/mol. The van der Waals surface area contributed by atoms with E-state index in [-0.39, 0.29) is 0 Å². The van der Waals surface area contributed by atoms with E-state index >= 15 is 0 Å². The molecule has 0 N–H and O–H groups in total. The van der Waals surface area contributed by atoms with Crippen LogP contribution in [-0.4, -0.2) is 16.4 Å². The fourth-order valence-corrected chi connectivity index (χ4v) is 4.52. The zero-order valence-corrected chi connectivity index (χ0v) is 16.5. The Morgan fingerprint density at radius 3 is 2.69 bits per heavy atom. The van der Waals surface area contributed by atoms with E-state index in [1.807, 2.05) is 43.6 Å². The van der Waals surface area contributed by atoms with Crippen LogP contribution in [0.2, 0.25) is 0 Å². The van der Waals surface area contributed by atoms with Gasteiger partial charge < -0.3 is 0 Å². The standard InChI is InChI=1S/C20H19N4S2/c1-14-12-15(13-18-22-17-10-7-11-23(2)19(17)26-18)21-20(25-3)24(14)16-8-5-4-6-9-16/h4-13H,1-3H3/q+1/b15-13+. The number of amidine groups is 1. The smallest absolute Gasteiger partial charge is 0.289 e. The maximum absolute atomic E-state index is 4.85. The molecule has 0 amide bonds. The molecule has 6 heteroatoms. The second-order valence-corrected chi connectivity index (χ2v) is 7.77. The third kappa shape index (κ3) is 3.18. The molecule has 0 saturated heterocycles. The molecule has 3 heterocycles. The van der Waals surface area contributed by atoms with E-state index in [1.165, 1.54) is 0 Å². The Morgan fingerprint density at radius 2 is 1.96 bits per heavy atom. The van der Waals surface area contributed by atoms with Crippen LogP contribution in [0, 0.1) is 0 Å². The highest BCUT2D eigenvalue weighted by molar-refractivity contribution is 8.13. The van der Waals surface area contributed by atoms with E-state index in [9.17, 15) is 0 Å². The number of aryl methyl sites for hydroxylation is 1. The van der Waals surface area contributed by atoms with Gasteiger partial charge in [-0.25, -0.2) is 9.98 Å². The van der Waals surface area contributed by atoms with Crippen molar-refractivity contribution < 1.29 is 4.57 Å². The summed E-state index contributed by atoms with van der Waals surface area (Å²) >= 11 is 3.33. The SMILES string of the molecule is CSC1=N/C(=C/c2nc3ccc[n+](C)c3s2)C=C(C)N1c1ccccc1. The Hall–Kier alpha value is -2.44. The van der Waals surface area contributed by atoms with E-state index in [4.69, 9.17) is 9.98 Å². The Labute approximate surface area is 161 Å². The van der Waals surface area contributed by atoms with Crippen molar-refractivity contribution in [2.75, 3.05) is 11.2 Å². The number of nitrogens with zero attached hydrogens (tertiary/aromatic N) is 4. The average Bonchev–Trinajstić information content (AvgIpc) is 3.06. The first-order chi connectivity index (χ1) is 12.7. The van der Waals surface area contributed by atoms with E-state index in [1.54, 1.807) is 23.1 Å². The summed E-state index contributed by atoms with van der Waals surface area (Å²) in [5.74, 6) is 0. The molecule has 0 radical (unpaired) electrons. The molecule has 4 rings (SSSR count). The van der Waals surface area contributed by atoms with Gasteiger partial charge in [-0.05, 0) is 48.8 Å². The van der Waals surface area contributed by atoms with E-state index < -0.39 is 0 Å². The minimum atomic E-state index is 0.931. The van der Waals surface area contributed by atoms with Crippen molar-refractivity contribution in [3.8, 4) is 0 Å². The predicted molar refractivity (Wildman–Crippen MR) is 112 cm³/mol. The number of aromatic nitrogens is 2. The van der Waals surface area contributed by atoms with Gasteiger partial charge in [-0.15, -0.1) is 0 Å². The van der Waals surface area contributed by atoms with Crippen molar-refractivity contribution in [1.29, 1.82) is 0 Å². The topological polar surface area (TPSA) is 32.4 Å². The van der Waals surface area contributed by atoms with Crippen LogP contribution in [-0.2, 0) is 7.05 Å². The van der Waals surface area contributed by atoms with Gasteiger partial charge in [0.2, 0.25) is 0 Å². The van der Waals surface area contributed by atoms with Crippen molar-refractivity contribution in [3.05, 3.63) is 71.1 Å². The number of hydrogen-bond acceptors (Lipinski definition) is 5. The van der Waals surface area contributed by atoms with Crippen LogP contribution in [0.25, 0.3) is 16.4 Å². The first-order valence-electron chi connectivity index (χ1n) is 8.29. The van der Waals surface area contributed by atoms with Crippen LogP contribution in [0.1, 0.15) is 11.9 Å². The second kappa shape index (κ2) is 7.05. The van der Waals surface area contributed by atoms with Crippen LogP contribution in [0.15, 0.2) is 71.1 Å². The van der Waals surface area contributed by atoms with Crippen LogP contribution in [0.5, 0.6) is 0 Å². The molecule has 0 saturated carbocycles. The van der Waals surface area contributed by atoms with Crippen molar-refractivity contribution in [2.45, 2.75) is 6.92 Å². The lowest BCUT2D eigenvalue weighted by Crippen LogP contribution is -2.29. The molecule has 0 atom stereocenters. The van der Waals surface area contributed by atoms with E-state index in [0.717, 1.165) is 37.6 Å². The lowest BCUT2D eigenvalue weighted by atomic mass is 10.2. The summed E-state index contributed by atoms with van der Waals surface area (Å²) in [6.07, 6.45) is 8.28. The number of fused-ring (bicyclic) bond motifs is 1. The number of thioether (sulfide) groups is 1. The van der Waals surface area contributed by atoms with E-state index in [2.05, 4.69) is 46.9 Å². The molecule has 1 aliphatic heterocycles. The summed E-state index contributed by atoms with van der Waals surface area (Å²) in [4.78, 5) is 12.9. The molecule has 2 aromatic heterocycles. The Morgan fingerprint density at radius 1 is 1.15 bits per heavy atom. The Kier molecular flexibility index (Phi) is 4.61. The molecular formula is C20H19N4S2+. The van der Waals surface area contributed by atoms with Crippen LogP contribution in [0.3, 0.4) is 0 Å². The van der Waals surface area contributed by atoms with Crippen molar-refractivity contribution in [3.63, 3.8) is 0 Å². The Bertz CT molecular complexity index is 1050. The summed E-state index contributed by atoms with van der Waals surface area (Å²) in [5, 5.41) is 1.94. The van der Waals surface area contributed by atoms with Gasteiger partial charge in [0.05, 0.1) is 5.70 Å². The normalized spacial score (nSPS) is 16.1. The first kappa shape index (κ1) is 17.0. The second-order valence-electron chi connectivity index (χ2n) is 5.99. The number of thiazole rings is 1. The van der Waals surface area contributed by atoms with Gasteiger partial charge in [0.15, 0.2) is 11.4 Å². The van der Waals surface area contributed by atoms with Crippen molar-refractivity contribution in [2.24, 2.45) is 12.0 Å².